The summed E-state index contributed by atoms with van der Waals surface area (Å²) in [6.45, 7) is 2.17. The van der Waals surface area contributed by atoms with E-state index in [4.69, 9.17) is 0 Å². The molecule has 0 spiro atoms. The van der Waals surface area contributed by atoms with Crippen molar-refractivity contribution in [2.45, 2.75) is 12.8 Å². The van der Waals surface area contributed by atoms with Gasteiger partial charge < -0.3 is 4.57 Å². The van der Waals surface area contributed by atoms with Crippen molar-refractivity contribution in [3.8, 4) is 11.4 Å². The minimum atomic E-state index is 0.192. The van der Waals surface area contributed by atoms with E-state index < -0.39 is 0 Å². The summed E-state index contributed by atoms with van der Waals surface area (Å²) in [7, 11) is 0. The predicted molar refractivity (Wildman–Crippen MR) is 90.2 cm³/mol. The molecule has 1 unspecified atom stereocenters. The van der Waals surface area contributed by atoms with Gasteiger partial charge in [0.05, 0.1) is 5.69 Å². The molecule has 0 fully saturated rings. The molecule has 0 radical (unpaired) electrons. The third-order valence-corrected chi connectivity index (χ3v) is 4.08. The maximum absolute atomic E-state index is 4.58. The van der Waals surface area contributed by atoms with Crippen molar-refractivity contribution < 1.29 is 0 Å². The van der Waals surface area contributed by atoms with Crippen LogP contribution in [0.2, 0.25) is 0 Å². The van der Waals surface area contributed by atoms with Crippen LogP contribution in [0.3, 0.4) is 0 Å². The molecule has 0 saturated carbocycles. The normalized spacial score (nSPS) is 12.2. The third kappa shape index (κ3) is 2.58. The topological polar surface area (TPSA) is 61.4 Å². The van der Waals surface area contributed by atoms with Crippen LogP contribution in [-0.4, -0.2) is 29.8 Å². The summed E-state index contributed by atoms with van der Waals surface area (Å²) in [5.74, 6) is 1.19. The summed E-state index contributed by atoms with van der Waals surface area (Å²) in [5, 5.41) is 11.3. The summed E-state index contributed by atoms with van der Waals surface area (Å²) in [5.41, 5.74) is 3.17. The van der Waals surface area contributed by atoms with E-state index in [2.05, 4.69) is 62.3 Å². The van der Waals surface area contributed by atoms with Crippen LogP contribution in [0.5, 0.6) is 0 Å². The van der Waals surface area contributed by atoms with Gasteiger partial charge in [0.25, 0.3) is 0 Å². The van der Waals surface area contributed by atoms with Gasteiger partial charge in [-0.1, -0.05) is 43.3 Å². The molecule has 0 aliphatic carbocycles. The molecule has 24 heavy (non-hydrogen) atoms. The smallest absolute Gasteiger partial charge is 0.143 e. The van der Waals surface area contributed by atoms with Crippen LogP contribution in [0, 0.1) is 0 Å². The van der Waals surface area contributed by atoms with Gasteiger partial charge in [-0.3, -0.25) is 0 Å². The summed E-state index contributed by atoms with van der Waals surface area (Å²) < 4.78 is 3.74. The van der Waals surface area contributed by atoms with E-state index in [1.165, 1.54) is 5.56 Å². The van der Waals surface area contributed by atoms with Gasteiger partial charge in [-0.05, 0) is 34.2 Å². The van der Waals surface area contributed by atoms with Crippen molar-refractivity contribution in [3.05, 3.63) is 84.7 Å². The molecule has 118 valence electrons. The van der Waals surface area contributed by atoms with Crippen molar-refractivity contribution in [1.82, 2.24) is 29.8 Å². The Balaban J connectivity index is 1.74. The number of rotatable bonds is 4. The molecule has 0 saturated heterocycles. The minimum Gasteiger partial charge on any atom is -0.303 e. The van der Waals surface area contributed by atoms with Gasteiger partial charge in [0, 0.05) is 24.0 Å². The van der Waals surface area contributed by atoms with Crippen molar-refractivity contribution in [3.63, 3.8) is 0 Å². The van der Waals surface area contributed by atoms with Crippen LogP contribution in [0.15, 0.2) is 73.3 Å². The highest BCUT2D eigenvalue weighted by molar-refractivity contribution is 5.44. The van der Waals surface area contributed by atoms with Gasteiger partial charge in [0.15, 0.2) is 0 Å². The lowest BCUT2D eigenvalue weighted by molar-refractivity contribution is 0.778. The van der Waals surface area contributed by atoms with Crippen LogP contribution in [-0.2, 0) is 0 Å². The highest BCUT2D eigenvalue weighted by atomic mass is 15.5. The molecule has 4 aromatic rings. The second-order valence-corrected chi connectivity index (χ2v) is 5.56. The Morgan fingerprint density at radius 1 is 0.958 bits per heavy atom. The number of hydrogen-bond acceptors (Lipinski definition) is 4. The Kier molecular flexibility index (Phi) is 3.63. The molecule has 6 nitrogen and oxygen atoms in total. The molecular weight excluding hydrogens is 300 g/mol. The maximum atomic E-state index is 4.58. The SMILES string of the molecule is CC(c1ccccc1)c1nccn1-c1cccc(-n2cnnn2)c1. The minimum absolute atomic E-state index is 0.192. The third-order valence-electron chi connectivity index (χ3n) is 4.08. The van der Waals surface area contributed by atoms with Crippen LogP contribution >= 0.6 is 0 Å². The maximum Gasteiger partial charge on any atom is 0.143 e. The largest absolute Gasteiger partial charge is 0.303 e. The highest BCUT2D eigenvalue weighted by Gasteiger charge is 2.15. The van der Waals surface area contributed by atoms with Gasteiger partial charge in [-0.25, -0.2) is 9.67 Å². The Bertz CT molecular complexity index is 927. The standard InChI is InChI=1S/C18H16N6/c1-14(15-6-3-2-4-7-15)18-19-10-11-23(18)16-8-5-9-17(12-16)24-13-20-21-22-24/h2-14H,1H3. The summed E-state index contributed by atoms with van der Waals surface area (Å²) >= 11 is 0. The number of imidazole rings is 1. The first-order chi connectivity index (χ1) is 11.8. The molecule has 0 aliphatic heterocycles. The van der Waals surface area contributed by atoms with Gasteiger partial charge in [0.1, 0.15) is 12.2 Å². The highest BCUT2D eigenvalue weighted by Crippen LogP contribution is 2.25. The van der Waals surface area contributed by atoms with E-state index in [1.54, 1.807) is 11.0 Å². The Morgan fingerprint density at radius 3 is 2.58 bits per heavy atom. The summed E-state index contributed by atoms with van der Waals surface area (Å²) in [4.78, 5) is 4.58. The monoisotopic (exact) mass is 316 g/mol. The van der Waals surface area contributed by atoms with Crippen molar-refractivity contribution in [1.29, 1.82) is 0 Å². The van der Waals surface area contributed by atoms with Gasteiger partial charge >= 0.3 is 0 Å². The lowest BCUT2D eigenvalue weighted by Gasteiger charge is -2.15. The average Bonchev–Trinajstić information content (AvgIpc) is 3.34. The zero-order valence-electron chi connectivity index (χ0n) is 13.2. The summed E-state index contributed by atoms with van der Waals surface area (Å²) in [6.07, 6.45) is 5.40. The lowest BCUT2D eigenvalue weighted by atomic mass is 10.0. The molecule has 0 bridgehead atoms. The summed E-state index contributed by atoms with van der Waals surface area (Å²) in [6, 6.07) is 18.4. The van der Waals surface area contributed by atoms with Crippen LogP contribution in [0.25, 0.3) is 11.4 Å². The van der Waals surface area contributed by atoms with Gasteiger partial charge in [0.2, 0.25) is 0 Å². The number of tetrazole rings is 1. The molecule has 2 aromatic carbocycles. The van der Waals surface area contributed by atoms with Crippen LogP contribution in [0.4, 0.5) is 0 Å². The predicted octanol–water partition coefficient (Wildman–Crippen LogP) is 3.00. The first-order valence-electron chi connectivity index (χ1n) is 7.75. The van der Waals surface area contributed by atoms with Crippen molar-refractivity contribution in [2.75, 3.05) is 0 Å². The Hall–Kier alpha value is -3.28. The molecule has 2 heterocycles. The van der Waals surface area contributed by atoms with Gasteiger partial charge in [-0.15, -0.1) is 5.10 Å². The number of nitrogens with zero attached hydrogens (tertiary/aromatic N) is 6. The molecule has 2 aromatic heterocycles. The van der Waals surface area contributed by atoms with Crippen molar-refractivity contribution in [2.24, 2.45) is 0 Å². The van der Waals surface area contributed by atoms with Gasteiger partial charge in [-0.2, -0.15) is 0 Å². The van der Waals surface area contributed by atoms with E-state index in [0.717, 1.165) is 17.2 Å². The number of hydrogen-bond donors (Lipinski definition) is 0. The van der Waals surface area contributed by atoms with E-state index in [1.807, 2.05) is 36.7 Å². The van der Waals surface area contributed by atoms with Crippen molar-refractivity contribution >= 4 is 0 Å². The Morgan fingerprint density at radius 2 is 1.79 bits per heavy atom. The number of aromatic nitrogens is 6. The van der Waals surface area contributed by atoms with E-state index in [0.29, 0.717) is 0 Å². The lowest BCUT2D eigenvalue weighted by Crippen LogP contribution is -2.07. The molecule has 6 heteroatoms. The average molecular weight is 316 g/mol. The van der Waals surface area contributed by atoms with E-state index >= 15 is 0 Å². The molecular formula is C18H16N6. The zero-order valence-corrected chi connectivity index (χ0v) is 13.2. The number of benzene rings is 2. The zero-order chi connectivity index (χ0) is 16.4. The fourth-order valence-corrected chi connectivity index (χ4v) is 2.81. The van der Waals surface area contributed by atoms with Crippen LogP contribution < -0.4 is 0 Å². The van der Waals surface area contributed by atoms with Crippen LogP contribution in [0.1, 0.15) is 24.2 Å². The quantitative estimate of drug-likeness (QED) is 0.580. The fraction of sp³-hybridized carbons (Fsp3) is 0.111. The molecule has 1 atom stereocenters. The Labute approximate surface area is 139 Å². The first kappa shape index (κ1) is 14.3. The van der Waals surface area contributed by atoms with E-state index in [-0.39, 0.29) is 5.92 Å². The second-order valence-electron chi connectivity index (χ2n) is 5.56. The molecule has 0 aliphatic rings. The molecule has 0 amide bonds. The second kappa shape index (κ2) is 6.08. The first-order valence-corrected chi connectivity index (χ1v) is 7.75. The van der Waals surface area contributed by atoms with E-state index in [9.17, 15) is 0 Å². The molecule has 4 rings (SSSR count). The molecule has 0 N–H and O–H groups in total. The fourth-order valence-electron chi connectivity index (χ4n) is 2.81.